The number of anilines is 1. The van der Waals surface area contributed by atoms with Gasteiger partial charge in [-0.1, -0.05) is 13.3 Å². The molecule has 0 aromatic heterocycles. The molecule has 1 aliphatic heterocycles. The third-order valence-electron chi connectivity index (χ3n) is 4.00. The van der Waals surface area contributed by atoms with E-state index in [-0.39, 0.29) is 18.1 Å². The van der Waals surface area contributed by atoms with Gasteiger partial charge in [-0.15, -0.1) is 0 Å². The molecule has 0 saturated carbocycles. The molecule has 1 aromatic rings. The number of nitro benzene ring substituents is 1. The molecule has 7 nitrogen and oxygen atoms in total. The Hall–Kier alpha value is -2.15. The molecule has 1 atom stereocenters. The predicted molar refractivity (Wildman–Crippen MR) is 87.8 cm³/mol. The van der Waals surface area contributed by atoms with Crippen LogP contribution in [0.25, 0.3) is 0 Å². The highest BCUT2D eigenvalue weighted by atomic mass is 16.6. The van der Waals surface area contributed by atoms with Crippen LogP contribution in [0.4, 0.5) is 11.4 Å². The summed E-state index contributed by atoms with van der Waals surface area (Å²) in [6, 6.07) is 4.38. The first-order chi connectivity index (χ1) is 11.0. The van der Waals surface area contributed by atoms with Gasteiger partial charge in [-0.05, 0) is 25.3 Å². The maximum absolute atomic E-state index is 12.4. The standard InChI is InChI=1S/C16H23N3O4/c1-2-5-13(20)11-17-16(21)14-10-12(19(22)23)6-7-15(14)18-8-3-4-9-18/h6-7,10,13,20H,2-5,8-9,11H2,1H3,(H,17,21). The zero-order chi connectivity index (χ0) is 16.8. The summed E-state index contributed by atoms with van der Waals surface area (Å²) in [6.07, 6.45) is 2.93. The van der Waals surface area contributed by atoms with Crippen molar-refractivity contribution in [3.63, 3.8) is 0 Å². The van der Waals surface area contributed by atoms with Crippen LogP contribution in [-0.4, -0.2) is 41.7 Å². The molecule has 126 valence electrons. The molecule has 0 aliphatic carbocycles. The average molecular weight is 321 g/mol. The SMILES string of the molecule is CCCC(O)CNC(=O)c1cc([N+](=O)[O-])ccc1N1CCCC1. The van der Waals surface area contributed by atoms with Crippen molar-refractivity contribution in [1.29, 1.82) is 0 Å². The fourth-order valence-electron chi connectivity index (χ4n) is 2.79. The van der Waals surface area contributed by atoms with Crippen LogP contribution in [0.3, 0.4) is 0 Å². The Labute approximate surface area is 135 Å². The monoisotopic (exact) mass is 321 g/mol. The van der Waals surface area contributed by atoms with Crippen LogP contribution in [0.15, 0.2) is 18.2 Å². The lowest BCUT2D eigenvalue weighted by Crippen LogP contribution is -2.33. The highest BCUT2D eigenvalue weighted by Gasteiger charge is 2.22. The normalized spacial score (nSPS) is 15.5. The molecule has 2 N–H and O–H groups in total. The van der Waals surface area contributed by atoms with Crippen molar-refractivity contribution in [1.82, 2.24) is 5.32 Å². The molecule has 0 bridgehead atoms. The number of carbonyl (C=O) groups excluding carboxylic acids is 1. The largest absolute Gasteiger partial charge is 0.391 e. The number of aliphatic hydroxyl groups is 1. The highest BCUT2D eigenvalue weighted by Crippen LogP contribution is 2.28. The molecule has 1 heterocycles. The molecule has 0 spiro atoms. The van der Waals surface area contributed by atoms with Crippen molar-refractivity contribution in [2.75, 3.05) is 24.5 Å². The summed E-state index contributed by atoms with van der Waals surface area (Å²) in [7, 11) is 0. The molecule has 7 heteroatoms. The van der Waals surface area contributed by atoms with Crippen molar-refractivity contribution in [2.24, 2.45) is 0 Å². The van der Waals surface area contributed by atoms with E-state index in [0.717, 1.165) is 38.0 Å². The van der Waals surface area contributed by atoms with Crippen molar-refractivity contribution in [2.45, 2.75) is 38.7 Å². The van der Waals surface area contributed by atoms with Crippen molar-refractivity contribution in [3.05, 3.63) is 33.9 Å². The fraction of sp³-hybridized carbons (Fsp3) is 0.562. The summed E-state index contributed by atoms with van der Waals surface area (Å²) < 4.78 is 0. The minimum atomic E-state index is -0.599. The number of carbonyl (C=O) groups is 1. The average Bonchev–Trinajstić information content (AvgIpc) is 3.06. The maximum atomic E-state index is 12.4. The predicted octanol–water partition coefficient (Wildman–Crippen LogP) is 2.09. The summed E-state index contributed by atoms with van der Waals surface area (Å²) in [4.78, 5) is 25.0. The lowest BCUT2D eigenvalue weighted by Gasteiger charge is -2.21. The van der Waals surface area contributed by atoms with Gasteiger partial charge in [0, 0.05) is 31.8 Å². The third-order valence-corrected chi connectivity index (χ3v) is 4.00. The Kier molecular flexibility index (Phi) is 5.92. The molecule has 1 aromatic carbocycles. The Morgan fingerprint density at radius 3 is 2.74 bits per heavy atom. The van der Waals surface area contributed by atoms with Crippen LogP contribution in [0.1, 0.15) is 43.0 Å². The first-order valence-corrected chi connectivity index (χ1v) is 8.02. The van der Waals surface area contributed by atoms with Crippen molar-refractivity contribution < 1.29 is 14.8 Å². The Morgan fingerprint density at radius 2 is 2.13 bits per heavy atom. The first kappa shape index (κ1) is 17.2. The molecule has 0 radical (unpaired) electrons. The summed E-state index contributed by atoms with van der Waals surface area (Å²) >= 11 is 0. The number of aliphatic hydroxyl groups excluding tert-OH is 1. The molecule has 23 heavy (non-hydrogen) atoms. The number of non-ortho nitro benzene ring substituents is 1. The number of hydrogen-bond donors (Lipinski definition) is 2. The number of rotatable bonds is 7. The van der Waals surface area contributed by atoms with E-state index < -0.39 is 11.0 Å². The van der Waals surface area contributed by atoms with Crippen LogP contribution in [0.5, 0.6) is 0 Å². The summed E-state index contributed by atoms with van der Waals surface area (Å²) in [5, 5.41) is 23.4. The molecule has 1 amide bonds. The Bertz CT molecular complexity index is 570. The second-order valence-electron chi connectivity index (χ2n) is 5.81. The van der Waals surface area contributed by atoms with Gasteiger partial charge < -0.3 is 15.3 Å². The first-order valence-electron chi connectivity index (χ1n) is 8.02. The topological polar surface area (TPSA) is 95.7 Å². The fourth-order valence-corrected chi connectivity index (χ4v) is 2.79. The van der Waals surface area contributed by atoms with Gasteiger partial charge in [0.1, 0.15) is 0 Å². The van der Waals surface area contributed by atoms with E-state index in [0.29, 0.717) is 12.0 Å². The smallest absolute Gasteiger partial charge is 0.270 e. The van der Waals surface area contributed by atoms with Gasteiger partial charge >= 0.3 is 0 Å². The van der Waals surface area contributed by atoms with Crippen LogP contribution in [0, 0.1) is 10.1 Å². The number of nitrogens with one attached hydrogen (secondary N) is 1. The number of amides is 1. The molecular formula is C16H23N3O4. The Balaban J connectivity index is 2.20. The zero-order valence-corrected chi connectivity index (χ0v) is 13.3. The van der Waals surface area contributed by atoms with Gasteiger partial charge in [0.05, 0.1) is 22.3 Å². The minimum absolute atomic E-state index is 0.104. The Morgan fingerprint density at radius 1 is 1.43 bits per heavy atom. The second-order valence-corrected chi connectivity index (χ2v) is 5.81. The van der Waals surface area contributed by atoms with E-state index in [2.05, 4.69) is 10.2 Å². The molecule has 1 unspecified atom stereocenters. The molecule has 1 fully saturated rings. The van der Waals surface area contributed by atoms with Crippen LogP contribution in [0.2, 0.25) is 0 Å². The maximum Gasteiger partial charge on any atom is 0.270 e. The number of nitrogens with zero attached hydrogens (tertiary/aromatic N) is 2. The lowest BCUT2D eigenvalue weighted by atomic mass is 10.1. The van der Waals surface area contributed by atoms with E-state index in [9.17, 15) is 20.0 Å². The number of nitro groups is 1. The van der Waals surface area contributed by atoms with Crippen molar-refractivity contribution >= 4 is 17.3 Å². The van der Waals surface area contributed by atoms with Crippen molar-refractivity contribution in [3.8, 4) is 0 Å². The van der Waals surface area contributed by atoms with Gasteiger partial charge in [-0.25, -0.2) is 0 Å². The highest BCUT2D eigenvalue weighted by molar-refractivity contribution is 6.00. The van der Waals surface area contributed by atoms with Crippen LogP contribution < -0.4 is 10.2 Å². The van der Waals surface area contributed by atoms with Gasteiger partial charge in [-0.2, -0.15) is 0 Å². The van der Waals surface area contributed by atoms with Crippen LogP contribution in [-0.2, 0) is 0 Å². The zero-order valence-electron chi connectivity index (χ0n) is 13.3. The number of benzene rings is 1. The minimum Gasteiger partial charge on any atom is -0.391 e. The van der Waals surface area contributed by atoms with Gasteiger partial charge in [-0.3, -0.25) is 14.9 Å². The van der Waals surface area contributed by atoms with E-state index >= 15 is 0 Å². The van der Waals surface area contributed by atoms with E-state index in [1.807, 2.05) is 6.92 Å². The van der Waals surface area contributed by atoms with E-state index in [1.165, 1.54) is 12.1 Å². The van der Waals surface area contributed by atoms with Gasteiger partial charge in [0.25, 0.3) is 11.6 Å². The second kappa shape index (κ2) is 7.92. The van der Waals surface area contributed by atoms with Crippen LogP contribution >= 0.6 is 0 Å². The van der Waals surface area contributed by atoms with E-state index in [4.69, 9.17) is 0 Å². The molecule has 1 saturated heterocycles. The van der Waals surface area contributed by atoms with E-state index in [1.54, 1.807) is 6.07 Å². The third kappa shape index (κ3) is 4.41. The summed E-state index contributed by atoms with van der Waals surface area (Å²) in [6.45, 7) is 3.79. The van der Waals surface area contributed by atoms with Gasteiger partial charge in [0.15, 0.2) is 0 Å². The van der Waals surface area contributed by atoms with Gasteiger partial charge in [0.2, 0.25) is 0 Å². The molecule has 2 rings (SSSR count). The molecule has 1 aliphatic rings. The lowest BCUT2D eigenvalue weighted by molar-refractivity contribution is -0.384. The number of hydrogen-bond acceptors (Lipinski definition) is 5. The summed E-state index contributed by atoms with van der Waals surface area (Å²) in [5.74, 6) is -0.384. The molecular weight excluding hydrogens is 298 g/mol. The summed E-state index contributed by atoms with van der Waals surface area (Å²) in [5.41, 5.74) is 0.910. The quantitative estimate of drug-likeness (QED) is 0.592.